The van der Waals surface area contributed by atoms with Crippen molar-refractivity contribution in [3.05, 3.63) is 77.9 Å². The molecule has 5 aliphatic rings. The molecule has 6 heteroatoms. The van der Waals surface area contributed by atoms with Crippen molar-refractivity contribution in [2.75, 3.05) is 44.2 Å². The number of ether oxygens (including phenoxy) is 1. The minimum atomic E-state index is 0.0754. The summed E-state index contributed by atoms with van der Waals surface area (Å²) in [6, 6.07) is 22.0. The molecular formula is C37H45N3O3. The normalized spacial score (nSPS) is 26.4. The Morgan fingerprint density at radius 1 is 0.884 bits per heavy atom. The maximum atomic E-state index is 13.1. The van der Waals surface area contributed by atoms with Gasteiger partial charge in [0.25, 0.3) is 5.91 Å². The maximum Gasteiger partial charge on any atom is 0.251 e. The van der Waals surface area contributed by atoms with Gasteiger partial charge in [0.2, 0.25) is 0 Å². The molecule has 5 fully saturated rings. The molecule has 1 amide bonds. The van der Waals surface area contributed by atoms with Gasteiger partial charge >= 0.3 is 0 Å². The Morgan fingerprint density at radius 2 is 1.58 bits per heavy atom. The standard InChI is InChI=1S/C37H45N3O3/c1-2-43-35-18-29(17-32(20-35)31-4-3-5-34(41)19-31)24-39-10-12-40(13-11-39)33-8-6-30(7-9-33)36(42)38-25-37-21-26-14-27(22-37)16-28(15-26)23-37/h3-9,17-20,26-28,41H,2,10-16,21-25H2,1H3,(H,38,42). The van der Waals surface area contributed by atoms with Crippen molar-refractivity contribution in [1.82, 2.24) is 10.2 Å². The molecule has 0 radical (unpaired) electrons. The van der Waals surface area contributed by atoms with Gasteiger partial charge in [0.1, 0.15) is 11.5 Å². The summed E-state index contributed by atoms with van der Waals surface area (Å²) in [6.07, 6.45) is 8.27. The van der Waals surface area contributed by atoms with Crippen LogP contribution < -0.4 is 15.0 Å². The molecule has 4 aliphatic carbocycles. The predicted molar refractivity (Wildman–Crippen MR) is 172 cm³/mol. The second-order valence-electron chi connectivity index (χ2n) is 13.8. The van der Waals surface area contributed by atoms with E-state index in [2.05, 4.69) is 39.4 Å². The molecule has 6 nitrogen and oxygen atoms in total. The second kappa shape index (κ2) is 11.9. The fourth-order valence-corrected chi connectivity index (χ4v) is 8.98. The number of piperazine rings is 1. The fraction of sp³-hybridized carbons (Fsp3) is 0.486. The number of carbonyl (C=O) groups excluding carboxylic acids is 1. The first kappa shape index (κ1) is 28.3. The molecule has 4 bridgehead atoms. The van der Waals surface area contributed by atoms with Crippen molar-refractivity contribution in [2.24, 2.45) is 23.2 Å². The number of hydrogen-bond donors (Lipinski definition) is 2. The number of nitrogens with one attached hydrogen (secondary N) is 1. The van der Waals surface area contributed by atoms with E-state index in [-0.39, 0.29) is 11.7 Å². The number of amides is 1. The number of nitrogens with zero attached hydrogens (tertiary/aromatic N) is 2. The minimum absolute atomic E-state index is 0.0754. The van der Waals surface area contributed by atoms with E-state index in [1.54, 1.807) is 12.1 Å². The molecule has 0 aromatic heterocycles. The van der Waals surface area contributed by atoms with Gasteiger partial charge in [0.15, 0.2) is 0 Å². The molecule has 1 saturated heterocycles. The van der Waals surface area contributed by atoms with Crippen molar-refractivity contribution in [3.63, 3.8) is 0 Å². The zero-order chi connectivity index (χ0) is 29.4. The lowest BCUT2D eigenvalue weighted by Crippen LogP contribution is -2.51. The minimum Gasteiger partial charge on any atom is -0.508 e. The molecule has 3 aromatic rings. The topological polar surface area (TPSA) is 65.0 Å². The van der Waals surface area contributed by atoms with E-state index in [1.807, 2.05) is 37.3 Å². The Hall–Kier alpha value is -3.51. The van der Waals surface area contributed by atoms with Crippen LogP contribution >= 0.6 is 0 Å². The Labute approximate surface area is 256 Å². The van der Waals surface area contributed by atoms with Crippen LogP contribution in [0.1, 0.15) is 61.4 Å². The van der Waals surface area contributed by atoms with E-state index in [0.29, 0.717) is 12.0 Å². The summed E-state index contributed by atoms with van der Waals surface area (Å²) in [5.74, 6) is 3.93. The van der Waals surface area contributed by atoms with Crippen LogP contribution in [0.3, 0.4) is 0 Å². The number of anilines is 1. The van der Waals surface area contributed by atoms with Gasteiger partial charge in [0, 0.05) is 50.5 Å². The summed E-state index contributed by atoms with van der Waals surface area (Å²) in [5.41, 5.74) is 5.56. The lowest BCUT2D eigenvalue weighted by Gasteiger charge is -2.56. The highest BCUT2D eigenvalue weighted by Crippen LogP contribution is 2.59. The maximum absolute atomic E-state index is 13.1. The number of aromatic hydroxyl groups is 1. The largest absolute Gasteiger partial charge is 0.508 e. The van der Waals surface area contributed by atoms with Gasteiger partial charge < -0.3 is 20.1 Å². The number of hydrogen-bond acceptors (Lipinski definition) is 5. The lowest BCUT2D eigenvalue weighted by molar-refractivity contribution is -0.0503. The molecule has 8 rings (SSSR count). The number of benzene rings is 3. The molecular weight excluding hydrogens is 534 g/mol. The SMILES string of the molecule is CCOc1cc(CN2CCN(c3ccc(C(=O)NCC45CC6CC(CC(C6)C4)C5)cc3)CC2)cc(-c2cccc(O)c2)c1. The predicted octanol–water partition coefficient (Wildman–Crippen LogP) is 6.73. The smallest absolute Gasteiger partial charge is 0.251 e. The lowest BCUT2D eigenvalue weighted by atomic mass is 9.49. The van der Waals surface area contributed by atoms with Crippen molar-refractivity contribution in [2.45, 2.75) is 52.0 Å². The highest BCUT2D eigenvalue weighted by molar-refractivity contribution is 5.94. The number of phenols is 1. The van der Waals surface area contributed by atoms with Gasteiger partial charge in [-0.1, -0.05) is 12.1 Å². The van der Waals surface area contributed by atoms with E-state index in [9.17, 15) is 9.90 Å². The molecule has 1 aliphatic heterocycles. The number of carbonyl (C=O) groups is 1. The van der Waals surface area contributed by atoms with Crippen LogP contribution in [0, 0.1) is 23.2 Å². The number of rotatable bonds is 9. The summed E-state index contributed by atoms with van der Waals surface area (Å²) in [7, 11) is 0. The van der Waals surface area contributed by atoms with E-state index in [1.165, 1.54) is 49.8 Å². The fourth-order valence-electron chi connectivity index (χ4n) is 8.98. The molecule has 3 aromatic carbocycles. The Kier molecular flexibility index (Phi) is 7.81. The van der Waals surface area contributed by atoms with Crippen molar-refractivity contribution in [3.8, 4) is 22.6 Å². The van der Waals surface area contributed by atoms with Crippen LogP contribution in [-0.4, -0.2) is 55.2 Å². The van der Waals surface area contributed by atoms with Crippen molar-refractivity contribution >= 4 is 11.6 Å². The van der Waals surface area contributed by atoms with Crippen LogP contribution in [0.2, 0.25) is 0 Å². The van der Waals surface area contributed by atoms with Crippen molar-refractivity contribution in [1.29, 1.82) is 0 Å². The summed E-state index contributed by atoms with van der Waals surface area (Å²) >= 11 is 0. The molecule has 43 heavy (non-hydrogen) atoms. The molecule has 2 N–H and O–H groups in total. The zero-order valence-electron chi connectivity index (χ0n) is 25.4. The van der Waals surface area contributed by atoms with E-state index < -0.39 is 0 Å². The van der Waals surface area contributed by atoms with Gasteiger partial charge in [-0.3, -0.25) is 9.69 Å². The Morgan fingerprint density at radius 3 is 2.23 bits per heavy atom. The van der Waals surface area contributed by atoms with Gasteiger partial charge in [-0.05, 0) is 140 Å². The van der Waals surface area contributed by atoms with Crippen molar-refractivity contribution < 1.29 is 14.6 Å². The van der Waals surface area contributed by atoms with Crippen LogP contribution in [0.5, 0.6) is 11.5 Å². The molecule has 0 unspecified atom stereocenters. The third kappa shape index (κ3) is 6.26. The first-order valence-corrected chi connectivity index (χ1v) is 16.4. The monoisotopic (exact) mass is 579 g/mol. The van der Waals surface area contributed by atoms with Crippen LogP contribution in [0.4, 0.5) is 5.69 Å². The molecule has 0 atom stereocenters. The van der Waals surface area contributed by atoms with Gasteiger partial charge in [-0.15, -0.1) is 0 Å². The summed E-state index contributed by atoms with van der Waals surface area (Å²) in [4.78, 5) is 18.0. The van der Waals surface area contributed by atoms with Gasteiger partial charge in [0.05, 0.1) is 6.61 Å². The first-order chi connectivity index (χ1) is 20.9. The third-order valence-electron chi connectivity index (χ3n) is 10.5. The average Bonchev–Trinajstić information content (AvgIpc) is 3.00. The van der Waals surface area contributed by atoms with Gasteiger partial charge in [-0.2, -0.15) is 0 Å². The molecule has 226 valence electrons. The highest BCUT2D eigenvalue weighted by Gasteiger charge is 2.50. The van der Waals surface area contributed by atoms with E-state index in [0.717, 1.165) is 79.5 Å². The summed E-state index contributed by atoms with van der Waals surface area (Å²) < 4.78 is 5.88. The summed E-state index contributed by atoms with van der Waals surface area (Å²) in [5, 5.41) is 13.3. The van der Waals surface area contributed by atoms with Crippen LogP contribution in [0.25, 0.3) is 11.1 Å². The Balaban J connectivity index is 0.933. The van der Waals surface area contributed by atoms with Crippen LogP contribution in [0.15, 0.2) is 66.7 Å². The third-order valence-corrected chi connectivity index (χ3v) is 10.5. The Bertz CT molecular complexity index is 1410. The second-order valence-corrected chi connectivity index (χ2v) is 13.8. The molecule has 0 spiro atoms. The number of phenolic OH excluding ortho intramolecular Hbond substituents is 1. The molecule has 1 heterocycles. The summed E-state index contributed by atoms with van der Waals surface area (Å²) in [6.45, 7) is 8.14. The van der Waals surface area contributed by atoms with E-state index >= 15 is 0 Å². The zero-order valence-corrected chi connectivity index (χ0v) is 25.4. The first-order valence-electron chi connectivity index (χ1n) is 16.4. The van der Waals surface area contributed by atoms with E-state index in [4.69, 9.17) is 4.74 Å². The molecule has 4 saturated carbocycles. The highest BCUT2D eigenvalue weighted by atomic mass is 16.5. The average molecular weight is 580 g/mol. The van der Waals surface area contributed by atoms with Gasteiger partial charge in [-0.25, -0.2) is 0 Å². The van der Waals surface area contributed by atoms with Crippen LogP contribution in [-0.2, 0) is 6.54 Å². The quantitative estimate of drug-likeness (QED) is 0.294.